The molecule has 1 aromatic rings. The molecule has 1 aromatic heterocycles. The Bertz CT molecular complexity index is 197. The van der Waals surface area contributed by atoms with Gasteiger partial charge >= 0.3 is 0 Å². The van der Waals surface area contributed by atoms with Crippen LogP contribution in [0.4, 0.5) is 5.69 Å². The van der Waals surface area contributed by atoms with Crippen LogP contribution < -0.4 is 5.32 Å². The number of nitrogens with one attached hydrogen (secondary N) is 1. The molecule has 48 valence electrons. The van der Waals surface area contributed by atoms with Crippen molar-refractivity contribution in [1.82, 2.24) is 10.2 Å². The summed E-state index contributed by atoms with van der Waals surface area (Å²) in [7, 11) is 1.87. The normalized spacial score (nSPS) is 9.11. The fourth-order valence-corrected chi connectivity index (χ4v) is 0.667. The van der Waals surface area contributed by atoms with Crippen molar-refractivity contribution in [1.29, 1.82) is 0 Å². The third-order valence-corrected chi connectivity index (χ3v) is 1.17. The van der Waals surface area contributed by atoms with Crippen LogP contribution in [-0.4, -0.2) is 17.2 Å². The van der Waals surface area contributed by atoms with Crippen molar-refractivity contribution in [3.05, 3.63) is 18.0 Å². The van der Waals surface area contributed by atoms with Gasteiger partial charge in [-0.05, 0) is 13.0 Å². The SMILES string of the molecule is CNc1ccnnc1C. The lowest BCUT2D eigenvalue weighted by atomic mass is 10.3. The summed E-state index contributed by atoms with van der Waals surface area (Å²) in [4.78, 5) is 0. The van der Waals surface area contributed by atoms with E-state index >= 15 is 0 Å². The molecule has 0 saturated heterocycles. The quantitative estimate of drug-likeness (QED) is 0.601. The Balaban J connectivity index is 3.01. The van der Waals surface area contributed by atoms with Crippen molar-refractivity contribution in [2.45, 2.75) is 6.92 Å². The molecule has 0 atom stereocenters. The van der Waals surface area contributed by atoms with E-state index in [1.165, 1.54) is 0 Å². The lowest BCUT2D eigenvalue weighted by Gasteiger charge is -1.99. The van der Waals surface area contributed by atoms with Gasteiger partial charge in [0.05, 0.1) is 17.6 Å². The summed E-state index contributed by atoms with van der Waals surface area (Å²) in [5, 5.41) is 10.5. The first-order valence-corrected chi connectivity index (χ1v) is 2.80. The van der Waals surface area contributed by atoms with Crippen LogP contribution in [0.15, 0.2) is 12.3 Å². The zero-order valence-corrected chi connectivity index (χ0v) is 5.55. The molecular formula is C6H9N3. The van der Waals surface area contributed by atoms with E-state index in [0.717, 1.165) is 11.4 Å². The van der Waals surface area contributed by atoms with Gasteiger partial charge in [-0.25, -0.2) is 0 Å². The highest BCUT2D eigenvalue weighted by atomic mass is 15.1. The number of anilines is 1. The minimum Gasteiger partial charge on any atom is -0.387 e. The van der Waals surface area contributed by atoms with E-state index in [9.17, 15) is 0 Å². The Hall–Kier alpha value is -1.12. The number of aromatic nitrogens is 2. The van der Waals surface area contributed by atoms with Gasteiger partial charge in [0.25, 0.3) is 0 Å². The smallest absolute Gasteiger partial charge is 0.0830 e. The predicted molar refractivity (Wildman–Crippen MR) is 36.3 cm³/mol. The summed E-state index contributed by atoms with van der Waals surface area (Å²) in [6.07, 6.45) is 1.67. The monoisotopic (exact) mass is 123 g/mol. The van der Waals surface area contributed by atoms with Crippen LogP contribution in [0.25, 0.3) is 0 Å². The molecule has 0 aliphatic rings. The maximum atomic E-state index is 3.84. The molecule has 0 aliphatic carbocycles. The van der Waals surface area contributed by atoms with Gasteiger partial charge in [-0.3, -0.25) is 0 Å². The van der Waals surface area contributed by atoms with Crippen molar-refractivity contribution < 1.29 is 0 Å². The predicted octanol–water partition coefficient (Wildman–Crippen LogP) is 0.827. The van der Waals surface area contributed by atoms with Crippen molar-refractivity contribution in [3.63, 3.8) is 0 Å². The van der Waals surface area contributed by atoms with Gasteiger partial charge in [0.2, 0.25) is 0 Å². The number of hydrogen-bond donors (Lipinski definition) is 1. The second-order valence-corrected chi connectivity index (χ2v) is 1.78. The minimum atomic E-state index is 0.931. The largest absolute Gasteiger partial charge is 0.387 e. The molecule has 9 heavy (non-hydrogen) atoms. The third kappa shape index (κ3) is 1.16. The van der Waals surface area contributed by atoms with E-state index in [1.54, 1.807) is 6.20 Å². The number of nitrogens with zero attached hydrogens (tertiary/aromatic N) is 2. The molecule has 0 saturated carbocycles. The van der Waals surface area contributed by atoms with Gasteiger partial charge in [-0.15, -0.1) is 0 Å². The summed E-state index contributed by atoms with van der Waals surface area (Å²) >= 11 is 0. The zero-order chi connectivity index (χ0) is 6.69. The summed E-state index contributed by atoms with van der Waals surface area (Å²) < 4.78 is 0. The number of rotatable bonds is 1. The van der Waals surface area contributed by atoms with Crippen molar-refractivity contribution in [2.75, 3.05) is 12.4 Å². The van der Waals surface area contributed by atoms with E-state index in [0.29, 0.717) is 0 Å². The van der Waals surface area contributed by atoms with Crippen LogP contribution in [0.1, 0.15) is 5.69 Å². The molecule has 0 bridgehead atoms. The highest BCUT2D eigenvalue weighted by Crippen LogP contribution is 2.06. The number of aryl methyl sites for hydroxylation is 1. The van der Waals surface area contributed by atoms with Crippen LogP contribution in [0, 0.1) is 6.92 Å². The maximum absolute atomic E-state index is 3.84. The van der Waals surface area contributed by atoms with Crippen LogP contribution >= 0.6 is 0 Å². The van der Waals surface area contributed by atoms with Gasteiger partial charge in [0, 0.05) is 7.05 Å². The Morgan fingerprint density at radius 3 is 2.78 bits per heavy atom. The first-order valence-electron chi connectivity index (χ1n) is 2.80. The lowest BCUT2D eigenvalue weighted by Crippen LogP contribution is -1.94. The van der Waals surface area contributed by atoms with Gasteiger partial charge < -0.3 is 5.32 Å². The second-order valence-electron chi connectivity index (χ2n) is 1.78. The highest BCUT2D eigenvalue weighted by molar-refractivity contribution is 5.44. The van der Waals surface area contributed by atoms with Crippen LogP contribution in [0.3, 0.4) is 0 Å². The Labute approximate surface area is 54.1 Å². The molecular weight excluding hydrogens is 114 g/mol. The molecule has 0 fully saturated rings. The fraction of sp³-hybridized carbons (Fsp3) is 0.333. The van der Waals surface area contributed by atoms with Gasteiger partial charge in [-0.1, -0.05) is 0 Å². The topological polar surface area (TPSA) is 37.8 Å². The van der Waals surface area contributed by atoms with Gasteiger partial charge in [-0.2, -0.15) is 10.2 Å². The average Bonchev–Trinajstić information content (AvgIpc) is 1.89. The van der Waals surface area contributed by atoms with Crippen molar-refractivity contribution in [2.24, 2.45) is 0 Å². The van der Waals surface area contributed by atoms with E-state index in [1.807, 2.05) is 20.0 Å². The van der Waals surface area contributed by atoms with E-state index in [-0.39, 0.29) is 0 Å². The Morgan fingerprint density at radius 2 is 2.33 bits per heavy atom. The Morgan fingerprint density at radius 1 is 1.56 bits per heavy atom. The van der Waals surface area contributed by atoms with Crippen LogP contribution in [0.2, 0.25) is 0 Å². The summed E-state index contributed by atoms with van der Waals surface area (Å²) in [6.45, 7) is 1.92. The van der Waals surface area contributed by atoms with E-state index < -0.39 is 0 Å². The van der Waals surface area contributed by atoms with Crippen LogP contribution in [-0.2, 0) is 0 Å². The van der Waals surface area contributed by atoms with E-state index in [4.69, 9.17) is 0 Å². The molecule has 3 nitrogen and oxygen atoms in total. The zero-order valence-electron chi connectivity index (χ0n) is 5.55. The molecule has 1 rings (SSSR count). The summed E-state index contributed by atoms with van der Waals surface area (Å²) in [6, 6.07) is 1.89. The molecule has 0 radical (unpaired) electrons. The molecule has 0 aromatic carbocycles. The molecule has 1 N–H and O–H groups in total. The molecule has 0 unspecified atom stereocenters. The van der Waals surface area contributed by atoms with Gasteiger partial charge in [0.1, 0.15) is 0 Å². The van der Waals surface area contributed by atoms with Crippen LogP contribution in [0.5, 0.6) is 0 Å². The molecule has 0 amide bonds. The number of hydrogen-bond acceptors (Lipinski definition) is 3. The summed E-state index contributed by atoms with van der Waals surface area (Å²) in [5.41, 5.74) is 1.96. The Kier molecular flexibility index (Phi) is 1.63. The second kappa shape index (κ2) is 2.44. The molecule has 3 heteroatoms. The fourth-order valence-electron chi connectivity index (χ4n) is 0.667. The van der Waals surface area contributed by atoms with Crippen molar-refractivity contribution in [3.8, 4) is 0 Å². The average molecular weight is 123 g/mol. The maximum Gasteiger partial charge on any atom is 0.0830 e. The van der Waals surface area contributed by atoms with Crippen molar-refractivity contribution >= 4 is 5.69 Å². The standard InChI is InChI=1S/C6H9N3/c1-5-6(7-2)3-4-8-9-5/h3-4H,1-2H3,(H,7,8). The minimum absolute atomic E-state index is 0.931. The molecule has 0 spiro atoms. The first-order chi connectivity index (χ1) is 4.34. The molecule has 0 aliphatic heterocycles. The highest BCUT2D eigenvalue weighted by Gasteiger charge is 1.91. The van der Waals surface area contributed by atoms with E-state index in [2.05, 4.69) is 15.5 Å². The lowest BCUT2D eigenvalue weighted by molar-refractivity contribution is 0.981. The first kappa shape index (κ1) is 6.01. The van der Waals surface area contributed by atoms with Gasteiger partial charge in [0.15, 0.2) is 0 Å². The molecule has 1 heterocycles. The third-order valence-electron chi connectivity index (χ3n) is 1.17. The summed E-state index contributed by atoms with van der Waals surface area (Å²) in [5.74, 6) is 0.